The predicted molar refractivity (Wildman–Crippen MR) is 106 cm³/mol. The molecule has 3 aliphatic rings. The zero-order chi connectivity index (χ0) is 19.3. The smallest absolute Gasteiger partial charge is 0.238 e. The Labute approximate surface area is 163 Å². The molecule has 0 unspecified atom stereocenters. The monoisotopic (exact) mass is 369 g/mol. The van der Waals surface area contributed by atoms with E-state index in [2.05, 4.69) is 12.2 Å². The number of nitrogens with zero attached hydrogens (tertiary/aromatic N) is 1. The maximum atomic E-state index is 12.9. The molecule has 2 amide bonds. The SMILES string of the molecule is O=C(/C=C/c1cccc(N2C(=O)[C@@H]3[C@@H](C2=O)[C@H]2C=C[C@H]3C2)c1)c1ccccc1. The van der Waals surface area contributed by atoms with E-state index in [-0.39, 0.29) is 41.3 Å². The van der Waals surface area contributed by atoms with Crippen LogP contribution in [0.3, 0.4) is 0 Å². The number of hydrogen-bond donors (Lipinski definition) is 0. The molecule has 0 N–H and O–H groups in total. The summed E-state index contributed by atoms with van der Waals surface area (Å²) in [6.45, 7) is 0. The number of imide groups is 1. The van der Waals surface area contributed by atoms with E-state index < -0.39 is 0 Å². The van der Waals surface area contributed by atoms with Gasteiger partial charge in [0.05, 0.1) is 17.5 Å². The van der Waals surface area contributed by atoms with Gasteiger partial charge in [-0.3, -0.25) is 14.4 Å². The quantitative estimate of drug-likeness (QED) is 0.356. The highest BCUT2D eigenvalue weighted by atomic mass is 16.2. The lowest BCUT2D eigenvalue weighted by molar-refractivity contribution is -0.123. The molecule has 0 spiro atoms. The van der Waals surface area contributed by atoms with Crippen molar-refractivity contribution < 1.29 is 14.4 Å². The molecule has 2 fully saturated rings. The first-order chi connectivity index (χ1) is 13.6. The minimum absolute atomic E-state index is 0.0866. The summed E-state index contributed by atoms with van der Waals surface area (Å²) in [5, 5.41) is 0. The summed E-state index contributed by atoms with van der Waals surface area (Å²) in [6, 6.07) is 16.3. The van der Waals surface area contributed by atoms with Gasteiger partial charge in [0.15, 0.2) is 5.78 Å². The molecule has 4 nitrogen and oxygen atoms in total. The van der Waals surface area contributed by atoms with Crippen LogP contribution < -0.4 is 4.90 Å². The molecular weight excluding hydrogens is 350 g/mol. The van der Waals surface area contributed by atoms with Gasteiger partial charge in [-0.05, 0) is 42.0 Å². The Morgan fingerprint density at radius 1 is 0.893 bits per heavy atom. The van der Waals surface area contributed by atoms with Gasteiger partial charge in [0.2, 0.25) is 11.8 Å². The molecule has 4 atom stereocenters. The molecule has 4 heteroatoms. The third-order valence-corrected chi connectivity index (χ3v) is 6.08. The Morgan fingerprint density at radius 2 is 1.57 bits per heavy atom. The number of allylic oxidation sites excluding steroid dienone is 3. The summed E-state index contributed by atoms with van der Waals surface area (Å²) in [4.78, 5) is 39.5. The first kappa shape index (κ1) is 16.9. The zero-order valence-electron chi connectivity index (χ0n) is 15.2. The van der Waals surface area contributed by atoms with Crippen LogP contribution >= 0.6 is 0 Å². The number of carbonyl (C=O) groups is 3. The molecule has 2 bridgehead atoms. The first-order valence-corrected chi connectivity index (χ1v) is 9.57. The summed E-state index contributed by atoms with van der Waals surface area (Å²) < 4.78 is 0. The van der Waals surface area contributed by atoms with Crippen LogP contribution in [0.1, 0.15) is 22.3 Å². The van der Waals surface area contributed by atoms with Gasteiger partial charge in [-0.15, -0.1) is 0 Å². The molecule has 0 aromatic heterocycles. The van der Waals surface area contributed by atoms with Gasteiger partial charge < -0.3 is 0 Å². The van der Waals surface area contributed by atoms with E-state index in [1.165, 1.54) is 11.0 Å². The molecule has 138 valence electrons. The van der Waals surface area contributed by atoms with Crippen LogP contribution in [-0.2, 0) is 9.59 Å². The average molecular weight is 369 g/mol. The molecule has 2 aliphatic carbocycles. The van der Waals surface area contributed by atoms with E-state index in [0.29, 0.717) is 11.3 Å². The molecule has 0 radical (unpaired) electrons. The van der Waals surface area contributed by atoms with Gasteiger partial charge in [0.1, 0.15) is 0 Å². The van der Waals surface area contributed by atoms with Crippen LogP contribution in [0.2, 0.25) is 0 Å². The normalized spacial score (nSPS) is 27.8. The Balaban J connectivity index is 1.39. The third-order valence-electron chi connectivity index (χ3n) is 6.08. The van der Waals surface area contributed by atoms with E-state index in [1.54, 1.807) is 30.3 Å². The van der Waals surface area contributed by atoms with Gasteiger partial charge in [0, 0.05) is 5.56 Å². The minimum Gasteiger partial charge on any atom is -0.289 e. The zero-order valence-corrected chi connectivity index (χ0v) is 15.2. The average Bonchev–Trinajstić information content (AvgIpc) is 3.41. The summed E-state index contributed by atoms with van der Waals surface area (Å²) >= 11 is 0. The second-order valence-corrected chi connectivity index (χ2v) is 7.67. The van der Waals surface area contributed by atoms with Crippen molar-refractivity contribution in [2.45, 2.75) is 6.42 Å². The second kappa shape index (κ2) is 6.41. The predicted octanol–water partition coefficient (Wildman–Crippen LogP) is 3.89. The number of fused-ring (bicyclic) bond motifs is 5. The number of amides is 2. The summed E-state index contributed by atoms with van der Waals surface area (Å²) in [7, 11) is 0. The summed E-state index contributed by atoms with van der Waals surface area (Å²) in [5.74, 6) is -0.285. The Bertz CT molecular complexity index is 1010. The standard InChI is InChI=1S/C24H19NO3/c26-20(16-6-2-1-3-7-16)12-9-15-5-4-8-19(13-15)25-23(27)21-17-10-11-18(14-17)22(21)24(25)28/h1-13,17-18,21-22H,14H2/b12-9+/t17-,18-,21-,22-/m0/s1. The fourth-order valence-corrected chi connectivity index (χ4v) is 4.79. The highest BCUT2D eigenvalue weighted by molar-refractivity contribution is 6.23. The lowest BCUT2D eigenvalue weighted by Crippen LogP contribution is -2.32. The number of anilines is 1. The van der Waals surface area contributed by atoms with Crippen molar-refractivity contribution in [3.63, 3.8) is 0 Å². The molecule has 2 aromatic carbocycles. The fourth-order valence-electron chi connectivity index (χ4n) is 4.79. The van der Waals surface area contributed by atoms with E-state index in [4.69, 9.17) is 0 Å². The van der Waals surface area contributed by atoms with Gasteiger partial charge in [-0.1, -0.05) is 60.7 Å². The molecule has 28 heavy (non-hydrogen) atoms. The third kappa shape index (κ3) is 2.56. The van der Waals surface area contributed by atoms with Crippen molar-refractivity contribution in [2.24, 2.45) is 23.7 Å². The number of ketones is 1. The molecule has 1 heterocycles. The van der Waals surface area contributed by atoms with E-state index in [1.807, 2.05) is 30.3 Å². The lowest BCUT2D eigenvalue weighted by atomic mass is 9.85. The Morgan fingerprint density at radius 3 is 2.25 bits per heavy atom. The largest absolute Gasteiger partial charge is 0.289 e. The van der Waals surface area contributed by atoms with E-state index in [0.717, 1.165) is 12.0 Å². The van der Waals surface area contributed by atoms with Crippen LogP contribution in [0.4, 0.5) is 5.69 Å². The van der Waals surface area contributed by atoms with Gasteiger partial charge in [-0.25, -0.2) is 4.90 Å². The maximum absolute atomic E-state index is 12.9. The highest BCUT2D eigenvalue weighted by Crippen LogP contribution is 2.53. The van der Waals surface area contributed by atoms with Crippen LogP contribution in [0.15, 0.2) is 72.8 Å². The topological polar surface area (TPSA) is 54.5 Å². The van der Waals surface area contributed by atoms with Crippen molar-refractivity contribution in [2.75, 3.05) is 4.90 Å². The van der Waals surface area contributed by atoms with Crippen molar-refractivity contribution in [1.29, 1.82) is 0 Å². The fraction of sp³-hybridized carbons (Fsp3) is 0.208. The molecule has 1 saturated heterocycles. The van der Waals surface area contributed by atoms with Crippen LogP contribution in [-0.4, -0.2) is 17.6 Å². The van der Waals surface area contributed by atoms with Crippen LogP contribution in [0.25, 0.3) is 6.08 Å². The van der Waals surface area contributed by atoms with Crippen molar-refractivity contribution in [1.82, 2.24) is 0 Å². The summed E-state index contributed by atoms with van der Waals surface area (Å²) in [5.41, 5.74) is 1.98. The molecule has 2 aromatic rings. The Kier molecular flexibility index (Phi) is 3.86. The van der Waals surface area contributed by atoms with E-state index in [9.17, 15) is 14.4 Å². The highest BCUT2D eigenvalue weighted by Gasteiger charge is 2.59. The molecule has 1 aliphatic heterocycles. The van der Waals surface area contributed by atoms with E-state index >= 15 is 0 Å². The van der Waals surface area contributed by atoms with Gasteiger partial charge >= 0.3 is 0 Å². The first-order valence-electron chi connectivity index (χ1n) is 9.57. The number of carbonyl (C=O) groups excluding carboxylic acids is 3. The maximum Gasteiger partial charge on any atom is 0.238 e. The van der Waals surface area contributed by atoms with Crippen molar-refractivity contribution >= 4 is 29.4 Å². The van der Waals surface area contributed by atoms with Crippen LogP contribution in [0.5, 0.6) is 0 Å². The molecule has 1 saturated carbocycles. The van der Waals surface area contributed by atoms with Gasteiger partial charge in [0.25, 0.3) is 0 Å². The minimum atomic E-state index is -0.207. The molecular formula is C24H19NO3. The summed E-state index contributed by atoms with van der Waals surface area (Å²) in [6.07, 6.45) is 8.34. The number of hydrogen-bond acceptors (Lipinski definition) is 3. The number of rotatable bonds is 4. The van der Waals surface area contributed by atoms with Crippen LogP contribution in [0, 0.1) is 23.7 Å². The molecule has 5 rings (SSSR count). The second-order valence-electron chi connectivity index (χ2n) is 7.67. The Hall–Kier alpha value is -3.27. The van der Waals surface area contributed by atoms with Crippen molar-refractivity contribution in [3.05, 3.63) is 84.0 Å². The number of benzene rings is 2. The van der Waals surface area contributed by atoms with Crippen molar-refractivity contribution in [3.8, 4) is 0 Å². The lowest BCUT2D eigenvalue weighted by Gasteiger charge is -2.17. The van der Waals surface area contributed by atoms with Gasteiger partial charge in [-0.2, -0.15) is 0 Å².